The fourth-order valence-electron chi connectivity index (χ4n) is 2.98. The van der Waals surface area contributed by atoms with Crippen molar-refractivity contribution in [3.63, 3.8) is 0 Å². The molecule has 0 radical (unpaired) electrons. The summed E-state index contributed by atoms with van der Waals surface area (Å²) < 4.78 is 1.70. The third-order valence-electron chi connectivity index (χ3n) is 4.14. The summed E-state index contributed by atoms with van der Waals surface area (Å²) in [6, 6.07) is 7.36. The smallest absolute Gasteiger partial charge is 0.263 e. The van der Waals surface area contributed by atoms with Crippen molar-refractivity contribution < 1.29 is 4.79 Å². The number of para-hydroxylation sites is 1. The molecule has 0 saturated carbocycles. The van der Waals surface area contributed by atoms with Crippen LogP contribution in [0.25, 0.3) is 22.0 Å². The second kappa shape index (κ2) is 6.72. The number of pyridine rings is 1. The fourth-order valence-corrected chi connectivity index (χ4v) is 2.98. The first-order chi connectivity index (χ1) is 12.4. The number of aryl methyl sites for hydroxylation is 2. The van der Waals surface area contributed by atoms with Crippen LogP contribution in [-0.2, 0) is 7.05 Å². The number of nitrogens with two attached hydrogens (primary N) is 1. The summed E-state index contributed by atoms with van der Waals surface area (Å²) in [6.45, 7) is 2.04. The molecule has 3 rings (SSSR count). The zero-order chi connectivity index (χ0) is 18.8. The van der Waals surface area contributed by atoms with Gasteiger partial charge < -0.3 is 16.0 Å². The van der Waals surface area contributed by atoms with E-state index in [4.69, 9.17) is 11.0 Å². The summed E-state index contributed by atoms with van der Waals surface area (Å²) in [4.78, 5) is 27.6. The largest absolute Gasteiger partial charge is 0.397 e. The number of carbonyl (C=O) groups is 1. The van der Waals surface area contributed by atoms with E-state index in [2.05, 4.69) is 15.4 Å². The Kier molecular flexibility index (Phi) is 4.45. The first-order valence-electron chi connectivity index (χ1n) is 8.04. The maximum absolute atomic E-state index is 12.5. The highest BCUT2D eigenvalue weighted by molar-refractivity contribution is 6.09. The molecule has 1 aromatic carbocycles. The van der Waals surface area contributed by atoms with E-state index in [9.17, 15) is 9.59 Å². The summed E-state index contributed by atoms with van der Waals surface area (Å²) in [6.07, 6.45) is 2.02. The Morgan fingerprint density at radius 2 is 2.19 bits per heavy atom. The van der Waals surface area contributed by atoms with Gasteiger partial charge in [-0.25, -0.2) is 0 Å². The quantitative estimate of drug-likeness (QED) is 0.613. The van der Waals surface area contributed by atoms with E-state index >= 15 is 0 Å². The number of anilines is 1. The Labute approximate surface area is 149 Å². The highest BCUT2D eigenvalue weighted by Gasteiger charge is 2.19. The molecule has 0 spiro atoms. The van der Waals surface area contributed by atoms with Crippen molar-refractivity contribution in [1.82, 2.24) is 20.1 Å². The number of amides is 1. The predicted octanol–water partition coefficient (Wildman–Crippen LogP) is 1.46. The Balaban J connectivity index is 2.17. The number of carbonyl (C=O) groups excluding carboxylic acids is 1. The molecule has 0 atom stereocenters. The molecule has 3 aromatic rings. The first kappa shape index (κ1) is 17.2. The van der Waals surface area contributed by atoms with Crippen LogP contribution >= 0.6 is 0 Å². The lowest BCUT2D eigenvalue weighted by atomic mass is 10.0. The van der Waals surface area contributed by atoms with E-state index in [1.54, 1.807) is 10.7 Å². The third kappa shape index (κ3) is 2.91. The molecular weight excluding hydrogens is 332 g/mol. The Hall–Kier alpha value is -3.60. The summed E-state index contributed by atoms with van der Waals surface area (Å²) in [7, 11) is 1.82. The van der Waals surface area contributed by atoms with Gasteiger partial charge in [0.2, 0.25) is 0 Å². The van der Waals surface area contributed by atoms with Crippen LogP contribution in [-0.4, -0.2) is 27.2 Å². The van der Waals surface area contributed by atoms with E-state index in [0.717, 1.165) is 16.8 Å². The molecule has 0 unspecified atom stereocenters. The van der Waals surface area contributed by atoms with Crippen molar-refractivity contribution in [3.05, 3.63) is 46.0 Å². The zero-order valence-electron chi connectivity index (χ0n) is 14.5. The van der Waals surface area contributed by atoms with Crippen LogP contribution in [0.15, 0.2) is 29.2 Å². The van der Waals surface area contributed by atoms with Crippen LogP contribution < -0.4 is 16.6 Å². The van der Waals surface area contributed by atoms with Crippen LogP contribution in [0.2, 0.25) is 0 Å². The summed E-state index contributed by atoms with van der Waals surface area (Å²) in [5.41, 5.74) is 8.58. The number of rotatable bonds is 4. The van der Waals surface area contributed by atoms with Crippen molar-refractivity contribution in [2.75, 3.05) is 12.3 Å². The number of nitrogens with one attached hydrogen (secondary N) is 2. The van der Waals surface area contributed by atoms with E-state index in [1.165, 1.54) is 0 Å². The molecular formula is C18H18N6O2. The summed E-state index contributed by atoms with van der Waals surface area (Å²) in [5.74, 6) is -0.594. The van der Waals surface area contributed by atoms with Gasteiger partial charge in [-0.15, -0.1) is 0 Å². The van der Waals surface area contributed by atoms with Crippen LogP contribution in [0.1, 0.15) is 22.5 Å². The standard InChI is InChI=1S/C18H18N6O2/c1-10-13(9-24(2)23-10)11-5-3-6-12-15(20)14(18(26)22-16(11)12)17(25)21-8-4-7-19/h3,5-6,9H,4,8H2,1-2H3,(H,21,25)(H3,20,22,26). The lowest BCUT2D eigenvalue weighted by Gasteiger charge is -2.11. The molecule has 2 heterocycles. The van der Waals surface area contributed by atoms with Crippen molar-refractivity contribution >= 4 is 22.5 Å². The number of H-pyrrole nitrogens is 1. The van der Waals surface area contributed by atoms with Gasteiger partial charge in [0.05, 0.1) is 29.4 Å². The van der Waals surface area contributed by atoms with Crippen molar-refractivity contribution in [2.24, 2.45) is 7.05 Å². The van der Waals surface area contributed by atoms with Crippen LogP contribution in [0.4, 0.5) is 5.69 Å². The van der Waals surface area contributed by atoms with E-state index in [0.29, 0.717) is 10.9 Å². The predicted molar refractivity (Wildman–Crippen MR) is 98.5 cm³/mol. The maximum atomic E-state index is 12.5. The van der Waals surface area contributed by atoms with Gasteiger partial charge in [-0.3, -0.25) is 14.3 Å². The van der Waals surface area contributed by atoms with Gasteiger partial charge in [-0.1, -0.05) is 18.2 Å². The third-order valence-corrected chi connectivity index (χ3v) is 4.14. The van der Waals surface area contributed by atoms with Crippen LogP contribution in [0.3, 0.4) is 0 Å². The molecule has 132 valence electrons. The number of nitrogens with zero attached hydrogens (tertiary/aromatic N) is 3. The normalized spacial score (nSPS) is 10.7. The number of fused-ring (bicyclic) bond motifs is 1. The van der Waals surface area contributed by atoms with Gasteiger partial charge in [0.15, 0.2) is 0 Å². The van der Waals surface area contributed by atoms with E-state index in [-0.39, 0.29) is 24.2 Å². The number of nitriles is 1. The van der Waals surface area contributed by atoms with E-state index in [1.807, 2.05) is 38.4 Å². The highest BCUT2D eigenvalue weighted by atomic mass is 16.2. The van der Waals surface area contributed by atoms with Gasteiger partial charge in [0.25, 0.3) is 11.5 Å². The number of nitrogen functional groups attached to an aromatic ring is 1. The first-order valence-corrected chi connectivity index (χ1v) is 8.04. The van der Waals surface area contributed by atoms with Crippen molar-refractivity contribution in [1.29, 1.82) is 5.26 Å². The summed E-state index contributed by atoms with van der Waals surface area (Å²) in [5, 5.41) is 16.0. The Bertz CT molecular complexity index is 1100. The number of aromatic nitrogens is 3. The molecule has 26 heavy (non-hydrogen) atoms. The number of hydrogen-bond acceptors (Lipinski definition) is 5. The monoisotopic (exact) mass is 350 g/mol. The topological polar surface area (TPSA) is 130 Å². The van der Waals surface area contributed by atoms with Crippen LogP contribution in [0.5, 0.6) is 0 Å². The Morgan fingerprint density at radius 3 is 2.85 bits per heavy atom. The molecule has 8 heteroatoms. The minimum atomic E-state index is -0.594. The molecule has 0 aliphatic rings. The molecule has 8 nitrogen and oxygen atoms in total. The minimum Gasteiger partial charge on any atom is -0.397 e. The highest BCUT2D eigenvalue weighted by Crippen LogP contribution is 2.31. The number of aromatic amines is 1. The van der Waals surface area contributed by atoms with Gasteiger partial charge in [-0.2, -0.15) is 10.4 Å². The maximum Gasteiger partial charge on any atom is 0.263 e. The average Bonchev–Trinajstić information content (AvgIpc) is 2.93. The second-order valence-corrected chi connectivity index (χ2v) is 5.94. The lowest BCUT2D eigenvalue weighted by Crippen LogP contribution is -2.31. The van der Waals surface area contributed by atoms with E-state index < -0.39 is 11.5 Å². The van der Waals surface area contributed by atoms with Crippen LogP contribution in [0, 0.1) is 18.3 Å². The van der Waals surface area contributed by atoms with Crippen molar-refractivity contribution in [2.45, 2.75) is 13.3 Å². The number of hydrogen-bond donors (Lipinski definition) is 3. The molecule has 0 fully saturated rings. The molecule has 0 aliphatic carbocycles. The van der Waals surface area contributed by atoms with Gasteiger partial charge >= 0.3 is 0 Å². The van der Waals surface area contributed by atoms with Crippen molar-refractivity contribution in [3.8, 4) is 17.2 Å². The van der Waals surface area contributed by atoms with Gasteiger partial charge in [0.1, 0.15) is 5.56 Å². The second-order valence-electron chi connectivity index (χ2n) is 5.94. The molecule has 1 amide bonds. The number of benzene rings is 1. The minimum absolute atomic E-state index is 0.113. The average molecular weight is 350 g/mol. The molecule has 0 bridgehead atoms. The van der Waals surface area contributed by atoms with Gasteiger partial charge in [0, 0.05) is 36.3 Å². The van der Waals surface area contributed by atoms with Gasteiger partial charge in [-0.05, 0) is 6.92 Å². The molecule has 4 N–H and O–H groups in total. The fraction of sp³-hybridized carbons (Fsp3) is 0.222. The zero-order valence-corrected chi connectivity index (χ0v) is 14.5. The summed E-state index contributed by atoms with van der Waals surface area (Å²) >= 11 is 0. The SMILES string of the molecule is Cc1nn(C)cc1-c1cccc2c(N)c(C(=O)NCCC#N)c(=O)[nH]c12. The molecule has 2 aromatic heterocycles. The molecule has 0 saturated heterocycles. The lowest BCUT2D eigenvalue weighted by molar-refractivity contribution is 0.0954. The molecule has 0 aliphatic heterocycles. The Morgan fingerprint density at radius 1 is 1.42 bits per heavy atom.